The van der Waals surface area contributed by atoms with E-state index < -0.39 is 11.4 Å². The van der Waals surface area contributed by atoms with Gasteiger partial charge in [-0.2, -0.15) is 5.26 Å². The van der Waals surface area contributed by atoms with Crippen molar-refractivity contribution in [2.75, 3.05) is 5.32 Å². The third kappa shape index (κ3) is 2.71. The molecule has 3 N–H and O–H groups in total. The van der Waals surface area contributed by atoms with E-state index >= 15 is 0 Å². The number of nitrogens with two attached hydrogens (primary N) is 1. The first kappa shape index (κ1) is 11.1. The fourth-order valence-corrected chi connectivity index (χ4v) is 1.05. The van der Waals surface area contributed by atoms with Crippen LogP contribution in [-0.2, 0) is 4.79 Å². The molecule has 0 heterocycles. The highest BCUT2D eigenvalue weighted by Gasteiger charge is 2.23. The van der Waals surface area contributed by atoms with Crippen LogP contribution in [0.25, 0.3) is 0 Å². The second-order valence-electron chi connectivity index (χ2n) is 3.80. The van der Waals surface area contributed by atoms with Crippen LogP contribution in [-0.4, -0.2) is 11.4 Å². The lowest BCUT2D eigenvalue weighted by molar-refractivity contribution is -0.121. The zero-order valence-corrected chi connectivity index (χ0v) is 8.74. The van der Waals surface area contributed by atoms with Gasteiger partial charge in [0.1, 0.15) is 5.54 Å². The van der Waals surface area contributed by atoms with Crippen molar-refractivity contribution in [1.29, 1.82) is 5.26 Å². The number of nitriles is 1. The average molecular weight is 203 g/mol. The predicted octanol–water partition coefficient (Wildman–Crippen LogP) is 1.23. The van der Waals surface area contributed by atoms with Gasteiger partial charge in [0.2, 0.25) is 5.91 Å². The van der Waals surface area contributed by atoms with Crippen LogP contribution in [0.2, 0.25) is 0 Å². The van der Waals surface area contributed by atoms with E-state index in [9.17, 15) is 4.79 Å². The van der Waals surface area contributed by atoms with Gasteiger partial charge in [-0.1, -0.05) is 0 Å². The smallest absolute Gasteiger partial charge is 0.242 e. The Morgan fingerprint density at radius 3 is 2.33 bits per heavy atom. The number of carbonyl (C=O) groups is 1. The van der Waals surface area contributed by atoms with Gasteiger partial charge < -0.3 is 11.1 Å². The predicted molar refractivity (Wildman–Crippen MR) is 58.1 cm³/mol. The van der Waals surface area contributed by atoms with Gasteiger partial charge in [0.15, 0.2) is 0 Å². The van der Waals surface area contributed by atoms with E-state index in [-0.39, 0.29) is 0 Å². The highest BCUT2D eigenvalue weighted by Crippen LogP contribution is 2.15. The summed E-state index contributed by atoms with van der Waals surface area (Å²) < 4.78 is 0. The molecule has 1 amide bonds. The van der Waals surface area contributed by atoms with Gasteiger partial charge in [-0.15, -0.1) is 0 Å². The fraction of sp³-hybridized carbons (Fsp3) is 0.273. The molecular formula is C11H13N3O. The molecule has 0 aliphatic heterocycles. The molecule has 78 valence electrons. The van der Waals surface area contributed by atoms with Crippen LogP contribution in [0.5, 0.6) is 0 Å². The van der Waals surface area contributed by atoms with Crippen molar-refractivity contribution in [3.63, 3.8) is 0 Å². The van der Waals surface area contributed by atoms with Gasteiger partial charge in [-0.25, -0.2) is 0 Å². The minimum absolute atomic E-state index is 0.424. The molecule has 15 heavy (non-hydrogen) atoms. The van der Waals surface area contributed by atoms with Crippen molar-refractivity contribution >= 4 is 11.6 Å². The van der Waals surface area contributed by atoms with Gasteiger partial charge in [0.05, 0.1) is 11.6 Å². The van der Waals surface area contributed by atoms with E-state index in [1.165, 1.54) is 0 Å². The van der Waals surface area contributed by atoms with Crippen LogP contribution in [0.15, 0.2) is 24.3 Å². The lowest BCUT2D eigenvalue weighted by atomic mass is 10.0. The first-order chi connectivity index (χ1) is 6.95. The summed E-state index contributed by atoms with van der Waals surface area (Å²) in [6.45, 7) is 3.40. The average Bonchev–Trinajstić information content (AvgIpc) is 2.18. The number of nitrogens with one attached hydrogen (secondary N) is 1. The number of hydrogen-bond donors (Lipinski definition) is 2. The molecule has 0 atom stereocenters. The zero-order valence-electron chi connectivity index (χ0n) is 8.74. The Bertz CT molecular complexity index is 401. The largest absolute Gasteiger partial charge is 0.372 e. The van der Waals surface area contributed by atoms with Gasteiger partial charge in [0, 0.05) is 5.69 Å². The van der Waals surface area contributed by atoms with Crippen molar-refractivity contribution in [2.45, 2.75) is 19.4 Å². The first-order valence-corrected chi connectivity index (χ1v) is 4.54. The summed E-state index contributed by atoms with van der Waals surface area (Å²) in [5.41, 5.74) is 5.77. The van der Waals surface area contributed by atoms with E-state index in [2.05, 4.69) is 5.32 Å². The van der Waals surface area contributed by atoms with Crippen LogP contribution >= 0.6 is 0 Å². The Morgan fingerprint density at radius 2 is 1.93 bits per heavy atom. The molecule has 0 spiro atoms. The normalized spacial score (nSPS) is 10.5. The molecule has 1 aromatic carbocycles. The van der Waals surface area contributed by atoms with Crippen LogP contribution < -0.4 is 11.1 Å². The van der Waals surface area contributed by atoms with Crippen LogP contribution in [0.3, 0.4) is 0 Å². The molecule has 0 fully saturated rings. The van der Waals surface area contributed by atoms with Crippen molar-refractivity contribution in [2.24, 2.45) is 5.73 Å². The van der Waals surface area contributed by atoms with E-state index in [0.717, 1.165) is 5.69 Å². The Morgan fingerprint density at radius 1 is 1.40 bits per heavy atom. The zero-order chi connectivity index (χ0) is 11.5. The maximum atomic E-state index is 11.1. The Labute approximate surface area is 88.7 Å². The number of hydrogen-bond acceptors (Lipinski definition) is 3. The molecule has 0 bridgehead atoms. The van der Waals surface area contributed by atoms with Gasteiger partial charge >= 0.3 is 0 Å². The van der Waals surface area contributed by atoms with E-state index in [0.29, 0.717) is 5.56 Å². The molecule has 0 radical (unpaired) electrons. The first-order valence-electron chi connectivity index (χ1n) is 4.54. The molecule has 1 rings (SSSR count). The summed E-state index contributed by atoms with van der Waals surface area (Å²) >= 11 is 0. The van der Waals surface area contributed by atoms with Crippen molar-refractivity contribution in [3.8, 4) is 6.07 Å². The molecular weight excluding hydrogens is 190 g/mol. The van der Waals surface area contributed by atoms with E-state index in [4.69, 9.17) is 11.0 Å². The minimum Gasteiger partial charge on any atom is -0.372 e. The summed E-state index contributed by atoms with van der Waals surface area (Å²) in [5, 5.41) is 11.6. The molecule has 0 aliphatic carbocycles. The van der Waals surface area contributed by atoms with E-state index in [1.54, 1.807) is 38.1 Å². The number of benzene rings is 1. The number of primary amides is 1. The van der Waals surface area contributed by atoms with Crippen LogP contribution in [0.1, 0.15) is 19.4 Å². The Hall–Kier alpha value is -2.02. The minimum atomic E-state index is -0.797. The quantitative estimate of drug-likeness (QED) is 0.775. The second-order valence-corrected chi connectivity index (χ2v) is 3.80. The molecule has 0 aliphatic rings. The SMILES string of the molecule is CC(C)(Nc1ccc(C#N)cc1)C(N)=O. The highest BCUT2D eigenvalue weighted by molar-refractivity contribution is 5.86. The topological polar surface area (TPSA) is 78.9 Å². The van der Waals surface area contributed by atoms with Crippen molar-refractivity contribution in [1.82, 2.24) is 0 Å². The lowest BCUT2D eigenvalue weighted by Crippen LogP contribution is -2.44. The van der Waals surface area contributed by atoms with Crippen molar-refractivity contribution < 1.29 is 4.79 Å². The van der Waals surface area contributed by atoms with E-state index in [1.807, 2.05) is 6.07 Å². The van der Waals surface area contributed by atoms with Gasteiger partial charge in [-0.05, 0) is 38.1 Å². The highest BCUT2D eigenvalue weighted by atomic mass is 16.1. The molecule has 0 saturated heterocycles. The number of rotatable bonds is 3. The van der Waals surface area contributed by atoms with Crippen molar-refractivity contribution in [3.05, 3.63) is 29.8 Å². The Kier molecular flexibility index (Phi) is 2.96. The molecule has 4 nitrogen and oxygen atoms in total. The number of nitrogens with zero attached hydrogens (tertiary/aromatic N) is 1. The molecule has 0 unspecified atom stereocenters. The number of anilines is 1. The monoisotopic (exact) mass is 203 g/mol. The maximum absolute atomic E-state index is 11.1. The van der Waals surface area contributed by atoms with Gasteiger partial charge in [-0.3, -0.25) is 4.79 Å². The van der Waals surface area contributed by atoms with Crippen LogP contribution in [0.4, 0.5) is 5.69 Å². The summed E-state index contributed by atoms with van der Waals surface area (Å²) in [7, 11) is 0. The Balaban J connectivity index is 2.83. The lowest BCUT2D eigenvalue weighted by Gasteiger charge is -2.23. The molecule has 0 aromatic heterocycles. The summed E-state index contributed by atoms with van der Waals surface area (Å²) in [6.07, 6.45) is 0. The van der Waals surface area contributed by atoms with Crippen LogP contribution in [0, 0.1) is 11.3 Å². The fourth-order valence-electron chi connectivity index (χ4n) is 1.05. The number of amides is 1. The second kappa shape index (κ2) is 4.01. The van der Waals surface area contributed by atoms with Gasteiger partial charge in [0.25, 0.3) is 0 Å². The molecule has 4 heteroatoms. The summed E-state index contributed by atoms with van der Waals surface area (Å²) in [4.78, 5) is 11.1. The molecule has 1 aromatic rings. The maximum Gasteiger partial charge on any atom is 0.242 e. The summed E-state index contributed by atoms with van der Waals surface area (Å²) in [6, 6.07) is 8.86. The third-order valence-electron chi connectivity index (χ3n) is 2.09. The molecule has 0 saturated carbocycles. The number of carbonyl (C=O) groups excluding carboxylic acids is 1. The third-order valence-corrected chi connectivity index (χ3v) is 2.09. The summed E-state index contributed by atoms with van der Waals surface area (Å²) in [5.74, 6) is -0.424. The standard InChI is InChI=1S/C11H13N3O/c1-11(2,10(13)15)14-9-5-3-8(7-12)4-6-9/h3-6,14H,1-2H3,(H2,13,15).